The summed E-state index contributed by atoms with van der Waals surface area (Å²) in [4.78, 5) is 14.5. The Morgan fingerprint density at radius 1 is 1.23 bits per heavy atom. The third kappa shape index (κ3) is 3.50. The highest BCUT2D eigenvalue weighted by atomic mass is 16.5. The van der Waals surface area contributed by atoms with Crippen LogP contribution in [-0.2, 0) is 9.53 Å². The first kappa shape index (κ1) is 15.1. The first-order chi connectivity index (χ1) is 10.8. The summed E-state index contributed by atoms with van der Waals surface area (Å²) in [7, 11) is 1.77. The number of ether oxygens (including phenoxy) is 1. The monoisotopic (exact) mass is 300 g/mol. The van der Waals surface area contributed by atoms with E-state index in [1.165, 1.54) is 5.69 Å². The van der Waals surface area contributed by atoms with E-state index in [9.17, 15) is 4.79 Å². The number of anilines is 2. The number of carbonyl (C=O) groups excluding carboxylic acids is 1. The zero-order valence-electron chi connectivity index (χ0n) is 13.1. The lowest BCUT2D eigenvalue weighted by molar-refractivity contribution is -0.120. The van der Waals surface area contributed by atoms with Gasteiger partial charge in [0.15, 0.2) is 0 Å². The standard InChI is InChI=1S/C18H24N2O2/c1-22-17-11-12-20(13-17)16-9-7-15(8-10-16)19-18(21)14-5-3-2-4-6-14/h2-3,7-10,14,17H,4-6,11-13H2,1H3,(H,19,21)/t14-,17-/m1/s1. The molecule has 1 fully saturated rings. The number of carbonyl (C=O) groups is 1. The van der Waals surface area contributed by atoms with Gasteiger partial charge in [0.1, 0.15) is 0 Å². The Bertz CT molecular complexity index is 539. The van der Waals surface area contributed by atoms with Crippen molar-refractivity contribution in [1.29, 1.82) is 0 Å². The zero-order chi connectivity index (χ0) is 15.4. The molecule has 0 aromatic heterocycles. The molecule has 2 aliphatic rings. The van der Waals surface area contributed by atoms with E-state index < -0.39 is 0 Å². The molecule has 0 spiro atoms. The van der Waals surface area contributed by atoms with E-state index in [0.717, 1.165) is 44.5 Å². The Morgan fingerprint density at radius 2 is 2.05 bits per heavy atom. The summed E-state index contributed by atoms with van der Waals surface area (Å²) in [6, 6.07) is 8.14. The smallest absolute Gasteiger partial charge is 0.227 e. The Kier molecular flexibility index (Phi) is 4.78. The van der Waals surface area contributed by atoms with E-state index in [0.29, 0.717) is 6.10 Å². The van der Waals surface area contributed by atoms with Crippen molar-refractivity contribution in [2.75, 3.05) is 30.4 Å². The minimum atomic E-state index is 0.116. The van der Waals surface area contributed by atoms with E-state index >= 15 is 0 Å². The van der Waals surface area contributed by atoms with Crippen molar-refractivity contribution in [2.24, 2.45) is 5.92 Å². The average molecular weight is 300 g/mol. The van der Waals surface area contributed by atoms with Gasteiger partial charge in [-0.05, 0) is 49.9 Å². The number of hydrogen-bond acceptors (Lipinski definition) is 3. The summed E-state index contributed by atoms with van der Waals surface area (Å²) in [5.74, 6) is 0.253. The molecule has 1 aliphatic heterocycles. The summed E-state index contributed by atoms with van der Waals surface area (Å²) in [5, 5.41) is 3.03. The maximum Gasteiger partial charge on any atom is 0.227 e. The van der Waals surface area contributed by atoms with Gasteiger partial charge < -0.3 is 15.0 Å². The second-order valence-corrected chi connectivity index (χ2v) is 6.11. The third-order valence-corrected chi connectivity index (χ3v) is 4.62. The molecule has 1 saturated heterocycles. The number of allylic oxidation sites excluding steroid dienone is 2. The van der Waals surface area contributed by atoms with Gasteiger partial charge in [-0.1, -0.05) is 12.2 Å². The van der Waals surface area contributed by atoms with Gasteiger partial charge in [0.05, 0.1) is 6.10 Å². The first-order valence-electron chi connectivity index (χ1n) is 8.10. The van der Waals surface area contributed by atoms with Gasteiger partial charge in [-0.25, -0.2) is 0 Å². The molecule has 4 nitrogen and oxygen atoms in total. The fourth-order valence-corrected chi connectivity index (χ4v) is 3.19. The molecule has 1 amide bonds. The van der Waals surface area contributed by atoms with Gasteiger partial charge in [0.2, 0.25) is 5.91 Å². The highest BCUT2D eigenvalue weighted by Crippen LogP contribution is 2.24. The fourth-order valence-electron chi connectivity index (χ4n) is 3.19. The normalized spacial score (nSPS) is 24.5. The van der Waals surface area contributed by atoms with Gasteiger partial charge in [-0.15, -0.1) is 0 Å². The van der Waals surface area contributed by atoms with Crippen LogP contribution in [0.15, 0.2) is 36.4 Å². The molecule has 22 heavy (non-hydrogen) atoms. The molecule has 0 bridgehead atoms. The third-order valence-electron chi connectivity index (χ3n) is 4.62. The van der Waals surface area contributed by atoms with Crippen molar-refractivity contribution in [1.82, 2.24) is 0 Å². The number of amides is 1. The van der Waals surface area contributed by atoms with Gasteiger partial charge in [0.25, 0.3) is 0 Å². The van der Waals surface area contributed by atoms with Crippen molar-refractivity contribution in [3.63, 3.8) is 0 Å². The lowest BCUT2D eigenvalue weighted by Crippen LogP contribution is -2.24. The minimum absolute atomic E-state index is 0.116. The topological polar surface area (TPSA) is 41.6 Å². The van der Waals surface area contributed by atoms with Crippen molar-refractivity contribution in [3.8, 4) is 0 Å². The second kappa shape index (κ2) is 6.97. The van der Waals surface area contributed by atoms with E-state index in [4.69, 9.17) is 4.74 Å². The van der Waals surface area contributed by atoms with Crippen molar-refractivity contribution >= 4 is 17.3 Å². The lowest BCUT2D eigenvalue weighted by Gasteiger charge is -2.20. The van der Waals surface area contributed by atoms with Crippen molar-refractivity contribution in [3.05, 3.63) is 36.4 Å². The molecule has 3 rings (SSSR count). The quantitative estimate of drug-likeness (QED) is 0.868. The number of methoxy groups -OCH3 is 1. The first-order valence-corrected chi connectivity index (χ1v) is 8.10. The average Bonchev–Trinajstić information content (AvgIpc) is 3.05. The highest BCUT2D eigenvalue weighted by Gasteiger charge is 2.22. The SMILES string of the molecule is CO[C@@H]1CCN(c2ccc(NC(=O)[C@@H]3CC=CCC3)cc2)C1. The van der Waals surface area contributed by atoms with Crippen LogP contribution in [0, 0.1) is 5.92 Å². The summed E-state index contributed by atoms with van der Waals surface area (Å²) in [6.45, 7) is 1.97. The fraction of sp³-hybridized carbons (Fsp3) is 0.500. The zero-order valence-corrected chi connectivity index (χ0v) is 13.1. The molecule has 1 heterocycles. The predicted octanol–water partition coefficient (Wildman–Crippen LogP) is 3.21. The largest absolute Gasteiger partial charge is 0.380 e. The maximum atomic E-state index is 12.2. The van der Waals surface area contributed by atoms with E-state index in [1.54, 1.807) is 7.11 Å². The number of hydrogen-bond donors (Lipinski definition) is 1. The van der Waals surface area contributed by atoms with E-state index in [1.807, 2.05) is 12.1 Å². The highest BCUT2D eigenvalue weighted by molar-refractivity contribution is 5.92. The lowest BCUT2D eigenvalue weighted by atomic mass is 9.93. The molecule has 118 valence electrons. The number of nitrogens with one attached hydrogen (secondary N) is 1. The molecule has 1 aromatic rings. The molecule has 1 N–H and O–H groups in total. The number of nitrogens with zero attached hydrogens (tertiary/aromatic N) is 1. The van der Waals surface area contributed by atoms with Gasteiger partial charge >= 0.3 is 0 Å². The summed E-state index contributed by atoms with van der Waals surface area (Å²) < 4.78 is 5.40. The molecule has 0 radical (unpaired) electrons. The maximum absolute atomic E-state index is 12.2. The summed E-state index contributed by atoms with van der Waals surface area (Å²) in [6.07, 6.45) is 8.48. The van der Waals surface area contributed by atoms with Gasteiger partial charge in [-0.2, -0.15) is 0 Å². The Labute approximate surface area is 132 Å². The van der Waals surface area contributed by atoms with Crippen LogP contribution in [0.4, 0.5) is 11.4 Å². The minimum Gasteiger partial charge on any atom is -0.380 e. The van der Waals surface area contributed by atoms with Gasteiger partial charge in [-0.3, -0.25) is 4.79 Å². The van der Waals surface area contributed by atoms with E-state index in [2.05, 4.69) is 34.5 Å². The van der Waals surface area contributed by atoms with Crippen LogP contribution in [0.3, 0.4) is 0 Å². The second-order valence-electron chi connectivity index (χ2n) is 6.11. The molecule has 0 unspecified atom stereocenters. The van der Waals surface area contributed by atoms with E-state index in [-0.39, 0.29) is 11.8 Å². The van der Waals surface area contributed by atoms with Crippen molar-refractivity contribution in [2.45, 2.75) is 31.8 Å². The molecule has 2 atom stereocenters. The van der Waals surface area contributed by atoms with Gasteiger partial charge in [0, 0.05) is 37.5 Å². The molecule has 1 aromatic carbocycles. The molecule has 1 aliphatic carbocycles. The number of benzene rings is 1. The predicted molar refractivity (Wildman–Crippen MR) is 89.2 cm³/mol. The van der Waals surface area contributed by atoms with Crippen LogP contribution in [0.25, 0.3) is 0 Å². The van der Waals surface area contributed by atoms with Crippen LogP contribution in [-0.4, -0.2) is 32.2 Å². The molecular weight excluding hydrogens is 276 g/mol. The Morgan fingerprint density at radius 3 is 2.68 bits per heavy atom. The Balaban J connectivity index is 1.57. The molecule has 0 saturated carbocycles. The molecule has 4 heteroatoms. The molecular formula is C18H24N2O2. The van der Waals surface area contributed by atoms with Crippen LogP contribution < -0.4 is 10.2 Å². The van der Waals surface area contributed by atoms with Crippen LogP contribution >= 0.6 is 0 Å². The summed E-state index contributed by atoms with van der Waals surface area (Å²) in [5.41, 5.74) is 2.07. The summed E-state index contributed by atoms with van der Waals surface area (Å²) >= 11 is 0. The Hall–Kier alpha value is -1.81. The van der Waals surface area contributed by atoms with Crippen molar-refractivity contribution < 1.29 is 9.53 Å². The number of rotatable bonds is 4. The van der Waals surface area contributed by atoms with Crippen LogP contribution in [0.5, 0.6) is 0 Å². The van der Waals surface area contributed by atoms with Crippen LogP contribution in [0.2, 0.25) is 0 Å². The van der Waals surface area contributed by atoms with Crippen LogP contribution in [0.1, 0.15) is 25.7 Å².